The predicted molar refractivity (Wildman–Crippen MR) is 102 cm³/mol. The highest BCUT2D eigenvalue weighted by molar-refractivity contribution is 5.53. The van der Waals surface area contributed by atoms with Crippen molar-refractivity contribution in [2.24, 2.45) is 0 Å². The van der Waals surface area contributed by atoms with Crippen LogP contribution >= 0.6 is 0 Å². The lowest BCUT2D eigenvalue weighted by atomic mass is 9.94. The smallest absolute Gasteiger partial charge is 0.251 e. The van der Waals surface area contributed by atoms with Crippen LogP contribution in [-0.2, 0) is 6.54 Å². The van der Waals surface area contributed by atoms with Crippen LogP contribution in [0.5, 0.6) is 0 Å². The van der Waals surface area contributed by atoms with Gasteiger partial charge < -0.3 is 4.98 Å². The van der Waals surface area contributed by atoms with Crippen LogP contribution in [0.3, 0.4) is 0 Å². The molecule has 0 bridgehead atoms. The van der Waals surface area contributed by atoms with Crippen molar-refractivity contribution in [1.29, 1.82) is 0 Å². The molecule has 1 aromatic carbocycles. The van der Waals surface area contributed by atoms with E-state index in [1.54, 1.807) is 36.7 Å². The summed E-state index contributed by atoms with van der Waals surface area (Å²) in [6.45, 7) is 2.12. The van der Waals surface area contributed by atoms with E-state index in [0.717, 1.165) is 42.3 Å². The van der Waals surface area contributed by atoms with Gasteiger partial charge in [-0.3, -0.25) is 14.7 Å². The minimum absolute atomic E-state index is 0.113. The van der Waals surface area contributed by atoms with Crippen LogP contribution in [0.15, 0.2) is 53.6 Å². The van der Waals surface area contributed by atoms with Crippen LogP contribution < -0.4 is 5.56 Å². The largest absolute Gasteiger partial charge is 0.307 e. The van der Waals surface area contributed by atoms with Crippen molar-refractivity contribution in [1.82, 2.24) is 19.9 Å². The zero-order chi connectivity index (χ0) is 19.5. The van der Waals surface area contributed by atoms with Gasteiger partial charge in [-0.15, -0.1) is 0 Å². The van der Waals surface area contributed by atoms with Gasteiger partial charge in [0.2, 0.25) is 0 Å². The van der Waals surface area contributed by atoms with E-state index in [0.29, 0.717) is 18.9 Å². The number of hydrogen-bond acceptors (Lipinski definition) is 4. The maximum atomic E-state index is 13.5. The molecular formula is C21H20F2N4O. The number of nitrogens with one attached hydrogen (secondary N) is 1. The second kappa shape index (κ2) is 7.98. The van der Waals surface area contributed by atoms with Crippen molar-refractivity contribution in [2.75, 3.05) is 13.1 Å². The van der Waals surface area contributed by atoms with Gasteiger partial charge in [-0.25, -0.2) is 13.8 Å². The highest BCUT2D eigenvalue weighted by Crippen LogP contribution is 2.27. The first-order chi connectivity index (χ1) is 13.6. The summed E-state index contributed by atoms with van der Waals surface area (Å²) < 4.78 is 26.6. The van der Waals surface area contributed by atoms with Crippen molar-refractivity contribution in [3.63, 3.8) is 0 Å². The van der Waals surface area contributed by atoms with Gasteiger partial charge in [0, 0.05) is 43.0 Å². The molecule has 7 heteroatoms. The second-order valence-electron chi connectivity index (χ2n) is 7.08. The summed E-state index contributed by atoms with van der Waals surface area (Å²) in [4.78, 5) is 25.8. The molecule has 5 nitrogen and oxygen atoms in total. The van der Waals surface area contributed by atoms with E-state index >= 15 is 0 Å². The molecule has 1 unspecified atom stereocenters. The summed E-state index contributed by atoms with van der Waals surface area (Å²) in [5, 5.41) is 0. The Hall–Kier alpha value is -2.93. The van der Waals surface area contributed by atoms with Crippen LogP contribution in [0.4, 0.5) is 8.78 Å². The van der Waals surface area contributed by atoms with Gasteiger partial charge in [-0.05, 0) is 49.2 Å². The number of rotatable bonds is 4. The van der Waals surface area contributed by atoms with Gasteiger partial charge in [-0.1, -0.05) is 6.07 Å². The second-order valence-corrected chi connectivity index (χ2v) is 7.08. The fourth-order valence-corrected chi connectivity index (χ4v) is 3.67. The van der Waals surface area contributed by atoms with Crippen LogP contribution in [-0.4, -0.2) is 32.9 Å². The van der Waals surface area contributed by atoms with E-state index in [-0.39, 0.29) is 11.5 Å². The standard InChI is InChI=1S/C21H20F2N4O/c22-17-4-3-14(10-18(17)23)12-27-9-1-2-16(13-27)19-11-20(28)26-21(25-19)15-5-7-24-8-6-15/h3-8,10-11,16H,1-2,9,12-13H2,(H,25,26,28). The summed E-state index contributed by atoms with van der Waals surface area (Å²) in [6, 6.07) is 9.17. The number of aromatic amines is 1. The van der Waals surface area contributed by atoms with Crippen LogP contribution in [0.2, 0.25) is 0 Å². The fraction of sp³-hybridized carbons (Fsp3) is 0.286. The molecular weight excluding hydrogens is 362 g/mol. The van der Waals surface area contributed by atoms with E-state index in [4.69, 9.17) is 0 Å². The number of aromatic nitrogens is 3. The first-order valence-electron chi connectivity index (χ1n) is 9.26. The molecule has 0 aliphatic carbocycles. The van der Waals surface area contributed by atoms with Gasteiger partial charge in [0.05, 0.1) is 5.69 Å². The van der Waals surface area contributed by atoms with Crippen LogP contribution in [0.25, 0.3) is 11.4 Å². The van der Waals surface area contributed by atoms with Gasteiger partial charge in [0.15, 0.2) is 11.6 Å². The Balaban J connectivity index is 1.53. The normalized spacial score (nSPS) is 17.6. The minimum atomic E-state index is -0.836. The number of hydrogen-bond donors (Lipinski definition) is 1. The molecule has 1 fully saturated rings. The Morgan fingerprint density at radius 3 is 2.71 bits per heavy atom. The number of pyridine rings is 1. The average molecular weight is 382 g/mol. The van der Waals surface area contributed by atoms with Crippen molar-refractivity contribution >= 4 is 0 Å². The summed E-state index contributed by atoms with van der Waals surface area (Å²) >= 11 is 0. The van der Waals surface area contributed by atoms with E-state index < -0.39 is 11.6 Å². The first-order valence-corrected chi connectivity index (χ1v) is 9.26. The maximum absolute atomic E-state index is 13.5. The zero-order valence-corrected chi connectivity index (χ0v) is 15.2. The summed E-state index contributed by atoms with van der Waals surface area (Å²) in [5.41, 5.74) is 2.11. The molecule has 1 atom stereocenters. The molecule has 1 aliphatic heterocycles. The molecule has 28 heavy (non-hydrogen) atoms. The third kappa shape index (κ3) is 4.14. The molecule has 2 aromatic heterocycles. The molecule has 1 N–H and O–H groups in total. The molecule has 1 saturated heterocycles. The van der Waals surface area contributed by atoms with E-state index in [2.05, 4.69) is 19.9 Å². The third-order valence-electron chi connectivity index (χ3n) is 5.03. The Kier molecular flexibility index (Phi) is 5.25. The van der Waals surface area contributed by atoms with Gasteiger partial charge in [-0.2, -0.15) is 0 Å². The van der Waals surface area contributed by atoms with Gasteiger partial charge >= 0.3 is 0 Å². The highest BCUT2D eigenvalue weighted by Gasteiger charge is 2.23. The Morgan fingerprint density at radius 2 is 1.93 bits per heavy atom. The topological polar surface area (TPSA) is 61.9 Å². The molecule has 3 heterocycles. The highest BCUT2D eigenvalue weighted by atomic mass is 19.2. The number of H-pyrrole nitrogens is 1. The SMILES string of the molecule is O=c1cc(C2CCCN(Cc3ccc(F)c(F)c3)C2)nc(-c2ccncc2)[nH]1. The van der Waals surface area contributed by atoms with Crippen LogP contribution in [0.1, 0.15) is 30.0 Å². The summed E-state index contributed by atoms with van der Waals surface area (Å²) in [7, 11) is 0. The average Bonchev–Trinajstić information content (AvgIpc) is 2.71. The minimum Gasteiger partial charge on any atom is -0.307 e. The number of benzene rings is 1. The monoisotopic (exact) mass is 382 g/mol. The lowest BCUT2D eigenvalue weighted by Crippen LogP contribution is -2.34. The fourth-order valence-electron chi connectivity index (χ4n) is 3.67. The number of nitrogens with zero attached hydrogens (tertiary/aromatic N) is 3. The van der Waals surface area contributed by atoms with Crippen molar-refractivity contribution in [3.8, 4) is 11.4 Å². The molecule has 1 aliphatic rings. The Labute approximate surface area is 161 Å². The van der Waals surface area contributed by atoms with Crippen molar-refractivity contribution in [2.45, 2.75) is 25.3 Å². The van der Waals surface area contributed by atoms with Crippen LogP contribution in [0, 0.1) is 11.6 Å². The van der Waals surface area contributed by atoms with Crippen molar-refractivity contribution in [3.05, 3.63) is 82.0 Å². The maximum Gasteiger partial charge on any atom is 0.251 e. The lowest BCUT2D eigenvalue weighted by molar-refractivity contribution is 0.198. The molecule has 0 spiro atoms. The van der Waals surface area contributed by atoms with E-state index in [1.807, 2.05) is 0 Å². The Bertz CT molecular complexity index is 1020. The van der Waals surface area contributed by atoms with Gasteiger partial charge in [0.25, 0.3) is 5.56 Å². The lowest BCUT2D eigenvalue weighted by Gasteiger charge is -2.32. The molecule has 4 rings (SSSR count). The summed E-state index contributed by atoms with van der Waals surface area (Å²) in [6.07, 6.45) is 5.20. The number of halogens is 2. The van der Waals surface area contributed by atoms with Crippen molar-refractivity contribution < 1.29 is 8.78 Å². The third-order valence-corrected chi connectivity index (χ3v) is 5.03. The Morgan fingerprint density at radius 1 is 1.11 bits per heavy atom. The number of likely N-dealkylation sites (tertiary alicyclic amines) is 1. The predicted octanol–water partition coefficient (Wildman–Crippen LogP) is 3.49. The molecule has 0 radical (unpaired) electrons. The molecule has 144 valence electrons. The first kappa shape index (κ1) is 18.4. The van der Waals surface area contributed by atoms with Gasteiger partial charge in [0.1, 0.15) is 5.82 Å². The zero-order valence-electron chi connectivity index (χ0n) is 15.2. The molecule has 3 aromatic rings. The summed E-state index contributed by atoms with van der Waals surface area (Å²) in [5.74, 6) is -1.02. The van der Waals surface area contributed by atoms with E-state index in [9.17, 15) is 13.6 Å². The molecule has 0 amide bonds. The number of piperidine rings is 1. The quantitative estimate of drug-likeness (QED) is 0.750. The van der Waals surface area contributed by atoms with E-state index in [1.165, 1.54) is 6.07 Å². The molecule has 0 saturated carbocycles.